The maximum Gasteiger partial charge on any atom is 0.223 e. The number of amides is 1. The van der Waals surface area contributed by atoms with Crippen LogP contribution >= 0.6 is 0 Å². The van der Waals surface area contributed by atoms with E-state index in [0.29, 0.717) is 4.90 Å². The number of hydrogen-bond donors (Lipinski definition) is 1. The van der Waals surface area contributed by atoms with E-state index in [-0.39, 0.29) is 17.9 Å². The number of sulfone groups is 1. The van der Waals surface area contributed by atoms with Crippen molar-refractivity contribution in [2.24, 2.45) is 5.92 Å². The fourth-order valence-electron chi connectivity index (χ4n) is 3.81. The molecule has 3 rings (SSSR count). The molecular weight excluding hydrogens is 384 g/mol. The van der Waals surface area contributed by atoms with E-state index in [9.17, 15) is 13.2 Å². The van der Waals surface area contributed by atoms with E-state index in [0.717, 1.165) is 37.9 Å². The van der Waals surface area contributed by atoms with Crippen molar-refractivity contribution >= 4 is 21.4 Å². The van der Waals surface area contributed by atoms with Gasteiger partial charge in [0.25, 0.3) is 0 Å². The van der Waals surface area contributed by atoms with Gasteiger partial charge in [0.15, 0.2) is 9.84 Å². The Balaban J connectivity index is 1.58. The first-order chi connectivity index (χ1) is 13.8. The van der Waals surface area contributed by atoms with Gasteiger partial charge in [0, 0.05) is 31.0 Å². The highest BCUT2D eigenvalue weighted by atomic mass is 32.2. The highest BCUT2D eigenvalue weighted by Gasteiger charge is 2.26. The van der Waals surface area contributed by atoms with Crippen molar-refractivity contribution in [3.63, 3.8) is 0 Å². The molecule has 6 heteroatoms. The molecule has 1 saturated heterocycles. The van der Waals surface area contributed by atoms with Crippen LogP contribution in [0.25, 0.3) is 0 Å². The molecule has 1 N–H and O–H groups in total. The maximum absolute atomic E-state index is 12.8. The molecule has 0 aliphatic carbocycles. The lowest BCUT2D eigenvalue weighted by molar-refractivity contribution is -0.126. The van der Waals surface area contributed by atoms with Crippen molar-refractivity contribution in [1.29, 1.82) is 0 Å². The Morgan fingerprint density at radius 1 is 1.07 bits per heavy atom. The van der Waals surface area contributed by atoms with E-state index in [1.54, 1.807) is 24.3 Å². The summed E-state index contributed by atoms with van der Waals surface area (Å²) in [7, 11) is -3.21. The average Bonchev–Trinajstić information content (AvgIpc) is 2.72. The van der Waals surface area contributed by atoms with Crippen molar-refractivity contribution in [3.8, 4) is 0 Å². The third kappa shape index (κ3) is 5.38. The van der Waals surface area contributed by atoms with Crippen LogP contribution in [0.1, 0.15) is 43.4 Å². The third-order valence-corrected chi connectivity index (χ3v) is 6.83. The van der Waals surface area contributed by atoms with Crippen molar-refractivity contribution in [2.45, 2.75) is 44.0 Å². The number of benzene rings is 2. The minimum absolute atomic E-state index is 0.0149. The lowest BCUT2D eigenvalue weighted by atomic mass is 9.94. The van der Waals surface area contributed by atoms with Crippen LogP contribution in [-0.4, -0.2) is 33.7 Å². The molecule has 1 aliphatic rings. The zero-order valence-corrected chi connectivity index (χ0v) is 18.2. The molecule has 1 aliphatic heterocycles. The highest BCUT2D eigenvalue weighted by Crippen LogP contribution is 2.25. The van der Waals surface area contributed by atoms with Gasteiger partial charge in [0.2, 0.25) is 5.91 Å². The fourth-order valence-corrected chi connectivity index (χ4v) is 4.44. The van der Waals surface area contributed by atoms with Crippen LogP contribution in [0.15, 0.2) is 53.4 Å². The second kappa shape index (κ2) is 8.99. The van der Waals surface area contributed by atoms with Gasteiger partial charge in [-0.3, -0.25) is 4.79 Å². The van der Waals surface area contributed by atoms with Crippen LogP contribution in [0.5, 0.6) is 0 Å². The second-order valence-corrected chi connectivity index (χ2v) is 9.92. The van der Waals surface area contributed by atoms with Gasteiger partial charge in [0.1, 0.15) is 0 Å². The zero-order chi connectivity index (χ0) is 21.0. The van der Waals surface area contributed by atoms with E-state index in [2.05, 4.69) is 41.4 Å². The van der Waals surface area contributed by atoms with Crippen molar-refractivity contribution in [1.82, 2.24) is 5.32 Å². The number of nitrogens with zero attached hydrogens (tertiary/aromatic N) is 1. The topological polar surface area (TPSA) is 66.5 Å². The predicted octanol–water partition coefficient (Wildman–Crippen LogP) is 3.88. The summed E-state index contributed by atoms with van der Waals surface area (Å²) in [4.78, 5) is 15.5. The highest BCUT2D eigenvalue weighted by molar-refractivity contribution is 7.90. The molecule has 5 nitrogen and oxygen atoms in total. The standard InChI is InChI=1S/C23H30N2O3S/c1-4-22(18-7-11-21(12-8-18)29(3,27)28)24-23(26)19-13-15-25(16-14-19)20-9-5-17(2)6-10-20/h5-12,19,22H,4,13-16H2,1-3H3,(H,24,26)/t22-/m0/s1. The fraction of sp³-hybridized carbons (Fsp3) is 0.435. The maximum atomic E-state index is 12.8. The Bertz CT molecular complexity index is 929. The quantitative estimate of drug-likeness (QED) is 0.779. The van der Waals surface area contributed by atoms with Gasteiger partial charge in [-0.2, -0.15) is 0 Å². The number of aryl methyl sites for hydroxylation is 1. The molecule has 0 bridgehead atoms. The largest absolute Gasteiger partial charge is 0.371 e. The molecule has 0 radical (unpaired) electrons. The molecule has 2 aromatic rings. The molecule has 1 fully saturated rings. The second-order valence-electron chi connectivity index (χ2n) is 7.91. The van der Waals surface area contributed by atoms with Gasteiger partial charge in [-0.1, -0.05) is 36.8 Å². The van der Waals surface area contributed by atoms with Crippen LogP contribution < -0.4 is 10.2 Å². The number of piperidine rings is 1. The average molecular weight is 415 g/mol. The zero-order valence-electron chi connectivity index (χ0n) is 17.4. The Hall–Kier alpha value is -2.34. The SMILES string of the molecule is CC[C@H](NC(=O)C1CCN(c2ccc(C)cc2)CC1)c1ccc(S(C)(=O)=O)cc1. The van der Waals surface area contributed by atoms with Crippen molar-refractivity contribution in [2.75, 3.05) is 24.2 Å². The summed E-state index contributed by atoms with van der Waals surface area (Å²) >= 11 is 0. The first kappa shape index (κ1) is 21.4. The van der Waals surface area contributed by atoms with Gasteiger partial charge in [-0.15, -0.1) is 0 Å². The molecule has 29 heavy (non-hydrogen) atoms. The number of rotatable bonds is 6. The first-order valence-electron chi connectivity index (χ1n) is 10.2. The summed E-state index contributed by atoms with van der Waals surface area (Å²) in [5.74, 6) is 0.105. The first-order valence-corrected chi connectivity index (χ1v) is 12.1. The summed E-state index contributed by atoms with van der Waals surface area (Å²) in [6, 6.07) is 15.2. The Kier molecular flexibility index (Phi) is 6.63. The minimum atomic E-state index is -3.21. The number of hydrogen-bond acceptors (Lipinski definition) is 4. The van der Waals surface area contributed by atoms with Gasteiger partial charge in [0.05, 0.1) is 10.9 Å². The molecule has 1 atom stereocenters. The van der Waals surface area contributed by atoms with Gasteiger partial charge in [-0.25, -0.2) is 8.42 Å². The molecule has 0 saturated carbocycles. The van der Waals surface area contributed by atoms with Crippen LogP contribution in [-0.2, 0) is 14.6 Å². The van der Waals surface area contributed by atoms with Crippen LogP contribution in [0.2, 0.25) is 0 Å². The molecule has 0 unspecified atom stereocenters. The molecule has 2 aromatic carbocycles. The molecular formula is C23H30N2O3S. The summed E-state index contributed by atoms with van der Waals surface area (Å²) < 4.78 is 23.3. The Morgan fingerprint density at radius 2 is 1.66 bits per heavy atom. The number of anilines is 1. The van der Waals surface area contributed by atoms with Crippen molar-refractivity contribution in [3.05, 3.63) is 59.7 Å². The van der Waals surface area contributed by atoms with Gasteiger partial charge in [-0.05, 0) is 56.0 Å². The summed E-state index contributed by atoms with van der Waals surface area (Å²) in [5.41, 5.74) is 3.40. The van der Waals surface area contributed by atoms with Crippen LogP contribution in [0.3, 0.4) is 0 Å². The number of nitrogens with one attached hydrogen (secondary N) is 1. The lowest BCUT2D eigenvalue weighted by Gasteiger charge is -2.33. The van der Waals surface area contributed by atoms with E-state index in [4.69, 9.17) is 0 Å². The summed E-state index contributed by atoms with van der Waals surface area (Å²) in [6.45, 7) is 5.86. The minimum Gasteiger partial charge on any atom is -0.371 e. The van der Waals surface area contributed by atoms with E-state index in [1.165, 1.54) is 17.5 Å². The molecule has 0 aromatic heterocycles. The smallest absolute Gasteiger partial charge is 0.223 e. The van der Waals surface area contributed by atoms with Gasteiger partial charge >= 0.3 is 0 Å². The summed E-state index contributed by atoms with van der Waals surface area (Å²) in [5, 5.41) is 3.17. The van der Waals surface area contributed by atoms with Gasteiger partial charge < -0.3 is 10.2 Å². The normalized spacial score (nSPS) is 16.4. The third-order valence-electron chi connectivity index (χ3n) is 5.70. The van der Waals surface area contributed by atoms with E-state index < -0.39 is 9.84 Å². The molecule has 1 amide bonds. The van der Waals surface area contributed by atoms with Crippen LogP contribution in [0, 0.1) is 12.8 Å². The molecule has 1 heterocycles. The van der Waals surface area contributed by atoms with Crippen molar-refractivity contribution < 1.29 is 13.2 Å². The monoisotopic (exact) mass is 414 g/mol. The Labute approximate surface area is 174 Å². The molecule has 156 valence electrons. The number of carbonyl (C=O) groups is 1. The number of carbonyl (C=O) groups excluding carboxylic acids is 1. The van der Waals surface area contributed by atoms with E-state index >= 15 is 0 Å². The molecule has 0 spiro atoms. The lowest BCUT2D eigenvalue weighted by Crippen LogP contribution is -2.41. The Morgan fingerprint density at radius 3 is 2.17 bits per heavy atom. The van der Waals surface area contributed by atoms with E-state index in [1.807, 2.05) is 6.92 Å². The predicted molar refractivity (Wildman–Crippen MR) is 117 cm³/mol. The summed E-state index contributed by atoms with van der Waals surface area (Å²) in [6.07, 6.45) is 3.63. The van der Waals surface area contributed by atoms with Crippen LogP contribution in [0.4, 0.5) is 5.69 Å².